The molecule has 0 aliphatic carbocycles. The summed E-state index contributed by atoms with van der Waals surface area (Å²) in [7, 11) is 1.50. The lowest BCUT2D eigenvalue weighted by Crippen LogP contribution is -2.54. The Hall–Kier alpha value is -4.11. The highest BCUT2D eigenvalue weighted by Crippen LogP contribution is 2.37. The van der Waals surface area contributed by atoms with E-state index in [4.69, 9.17) is 14.2 Å². The lowest BCUT2D eigenvalue weighted by atomic mass is 9.99. The number of hydrogen-bond donors (Lipinski definition) is 1. The first kappa shape index (κ1) is 28.9. The number of methoxy groups -OCH3 is 1. The maximum Gasteiger partial charge on any atom is 0.335 e. The third-order valence-corrected chi connectivity index (χ3v) is 7.21. The minimum absolute atomic E-state index is 0.185. The van der Waals surface area contributed by atoms with Gasteiger partial charge in [-0.1, -0.05) is 43.7 Å². The molecule has 1 aliphatic rings. The summed E-state index contributed by atoms with van der Waals surface area (Å²) in [5, 5.41) is 2.23. The van der Waals surface area contributed by atoms with Crippen molar-refractivity contribution in [1.29, 1.82) is 0 Å². The number of halogens is 1. The predicted octanol–water partition coefficient (Wildman–Crippen LogP) is 6.40. The van der Waals surface area contributed by atoms with E-state index in [-0.39, 0.29) is 12.2 Å². The molecule has 1 fully saturated rings. The van der Waals surface area contributed by atoms with E-state index < -0.39 is 17.8 Å². The van der Waals surface area contributed by atoms with Gasteiger partial charge in [-0.15, -0.1) is 0 Å². The number of imide groups is 2. The number of anilines is 1. The monoisotopic (exact) mass is 606 g/mol. The van der Waals surface area contributed by atoms with E-state index in [0.717, 1.165) is 22.6 Å². The zero-order valence-electron chi connectivity index (χ0n) is 22.8. The van der Waals surface area contributed by atoms with Crippen molar-refractivity contribution in [3.8, 4) is 17.2 Å². The summed E-state index contributed by atoms with van der Waals surface area (Å²) >= 11 is 3.50. The molecule has 4 amide bonds. The molecule has 0 spiro atoms. The number of amides is 4. The number of barbiturate groups is 1. The number of nitrogens with one attached hydrogen (secondary N) is 1. The Labute approximate surface area is 242 Å². The van der Waals surface area contributed by atoms with Crippen LogP contribution in [0.4, 0.5) is 10.5 Å². The average molecular weight is 608 g/mol. The van der Waals surface area contributed by atoms with Crippen LogP contribution in [0.25, 0.3) is 6.08 Å². The largest absolute Gasteiger partial charge is 0.493 e. The van der Waals surface area contributed by atoms with Gasteiger partial charge in [0.05, 0.1) is 17.3 Å². The molecule has 208 valence electrons. The first-order valence-corrected chi connectivity index (χ1v) is 13.7. The van der Waals surface area contributed by atoms with Gasteiger partial charge in [0, 0.05) is 0 Å². The summed E-state index contributed by atoms with van der Waals surface area (Å²) in [6, 6.07) is 17.5. The van der Waals surface area contributed by atoms with Crippen molar-refractivity contribution in [3.63, 3.8) is 0 Å². The second kappa shape index (κ2) is 12.8. The first-order chi connectivity index (χ1) is 19.2. The van der Waals surface area contributed by atoms with Gasteiger partial charge in [0.25, 0.3) is 11.8 Å². The highest BCUT2D eigenvalue weighted by Gasteiger charge is 2.36. The molecular formula is C31H31BrN2O6. The number of carbonyl (C=O) groups is 3. The number of carbonyl (C=O) groups excluding carboxylic acids is 3. The molecule has 3 aromatic rings. The van der Waals surface area contributed by atoms with Gasteiger partial charge in [0.2, 0.25) is 0 Å². The van der Waals surface area contributed by atoms with Gasteiger partial charge < -0.3 is 14.2 Å². The summed E-state index contributed by atoms with van der Waals surface area (Å²) in [5.41, 5.74) is 2.93. The molecule has 1 heterocycles. The lowest BCUT2D eigenvalue weighted by molar-refractivity contribution is -0.122. The van der Waals surface area contributed by atoms with Crippen LogP contribution in [-0.2, 0) is 9.59 Å². The molecule has 1 aliphatic heterocycles. The SMILES string of the molecule is CCC(C)c1ccc(OCCOc2c(Br)cc(C=C3C(=O)NC(=O)N(c4ccc(C)cc4)C3=O)cc2OC)cc1. The smallest absolute Gasteiger partial charge is 0.335 e. The van der Waals surface area contributed by atoms with Crippen LogP contribution in [0.15, 0.2) is 70.7 Å². The molecular weight excluding hydrogens is 576 g/mol. The Morgan fingerprint density at radius 1 is 0.975 bits per heavy atom. The van der Waals surface area contributed by atoms with Crippen LogP contribution in [0, 0.1) is 6.92 Å². The number of rotatable bonds is 10. The molecule has 0 saturated carbocycles. The van der Waals surface area contributed by atoms with Crippen LogP contribution < -0.4 is 24.4 Å². The van der Waals surface area contributed by atoms with E-state index in [1.165, 1.54) is 18.7 Å². The first-order valence-electron chi connectivity index (χ1n) is 12.9. The average Bonchev–Trinajstić information content (AvgIpc) is 2.94. The summed E-state index contributed by atoms with van der Waals surface area (Å²) in [5.74, 6) is 0.620. The highest BCUT2D eigenvalue weighted by atomic mass is 79.9. The molecule has 1 N–H and O–H groups in total. The molecule has 1 atom stereocenters. The summed E-state index contributed by atoms with van der Waals surface area (Å²) in [6.45, 7) is 6.84. The van der Waals surface area contributed by atoms with Crippen molar-refractivity contribution < 1.29 is 28.6 Å². The normalized spacial score (nSPS) is 15.2. The molecule has 1 saturated heterocycles. The molecule has 4 rings (SSSR count). The van der Waals surface area contributed by atoms with Crippen LogP contribution in [0.1, 0.15) is 42.9 Å². The predicted molar refractivity (Wildman–Crippen MR) is 157 cm³/mol. The number of urea groups is 1. The van der Waals surface area contributed by atoms with Crippen molar-refractivity contribution in [3.05, 3.63) is 87.4 Å². The Morgan fingerprint density at radius 3 is 2.30 bits per heavy atom. The second-order valence-corrected chi connectivity index (χ2v) is 10.3. The quantitative estimate of drug-likeness (QED) is 0.163. The molecule has 0 bridgehead atoms. The molecule has 3 aromatic carbocycles. The van der Waals surface area contributed by atoms with E-state index in [1.807, 2.05) is 19.1 Å². The van der Waals surface area contributed by atoms with Crippen LogP contribution in [-0.4, -0.2) is 38.2 Å². The van der Waals surface area contributed by atoms with Gasteiger partial charge >= 0.3 is 6.03 Å². The van der Waals surface area contributed by atoms with Gasteiger partial charge in [-0.25, -0.2) is 9.69 Å². The topological polar surface area (TPSA) is 94.2 Å². The van der Waals surface area contributed by atoms with Crippen molar-refractivity contribution >= 4 is 45.5 Å². The Morgan fingerprint density at radius 2 is 1.65 bits per heavy atom. The molecule has 0 aromatic heterocycles. The summed E-state index contributed by atoms with van der Waals surface area (Å²) in [6.07, 6.45) is 2.49. The number of ether oxygens (including phenoxy) is 3. The molecule has 40 heavy (non-hydrogen) atoms. The third-order valence-electron chi connectivity index (χ3n) is 6.62. The zero-order chi connectivity index (χ0) is 28.8. The zero-order valence-corrected chi connectivity index (χ0v) is 24.4. The summed E-state index contributed by atoms with van der Waals surface area (Å²) in [4.78, 5) is 39.2. The standard InChI is InChI=1S/C31H31BrN2O6/c1-5-20(3)22-8-12-24(13-9-22)39-14-15-40-28-26(32)17-21(18-27(28)38-4)16-25-29(35)33-31(37)34(30(25)36)23-10-6-19(2)7-11-23/h6-13,16-18,20H,5,14-15H2,1-4H3,(H,33,35,37). The molecule has 0 radical (unpaired) electrons. The van der Waals surface area contributed by atoms with Gasteiger partial charge in [-0.05, 0) is 88.8 Å². The second-order valence-electron chi connectivity index (χ2n) is 9.40. The van der Waals surface area contributed by atoms with E-state index in [9.17, 15) is 14.4 Å². The minimum Gasteiger partial charge on any atom is -0.493 e. The van der Waals surface area contributed by atoms with Crippen LogP contribution in [0.5, 0.6) is 17.2 Å². The molecule has 9 heteroatoms. The fourth-order valence-electron chi connectivity index (χ4n) is 4.15. The fourth-order valence-corrected chi connectivity index (χ4v) is 4.72. The number of aryl methyl sites for hydroxylation is 1. The van der Waals surface area contributed by atoms with E-state index in [2.05, 4.69) is 47.2 Å². The number of benzene rings is 3. The number of nitrogens with zero attached hydrogens (tertiary/aromatic N) is 1. The van der Waals surface area contributed by atoms with Crippen molar-refractivity contribution in [1.82, 2.24) is 5.32 Å². The maximum absolute atomic E-state index is 13.2. The van der Waals surface area contributed by atoms with Crippen molar-refractivity contribution in [2.45, 2.75) is 33.1 Å². The summed E-state index contributed by atoms with van der Waals surface area (Å²) < 4.78 is 17.8. The van der Waals surface area contributed by atoms with Crippen LogP contribution in [0.3, 0.4) is 0 Å². The minimum atomic E-state index is -0.799. The van der Waals surface area contributed by atoms with Gasteiger partial charge in [-0.3, -0.25) is 14.9 Å². The van der Waals surface area contributed by atoms with Crippen molar-refractivity contribution in [2.24, 2.45) is 0 Å². The molecule has 1 unspecified atom stereocenters. The van der Waals surface area contributed by atoms with Gasteiger partial charge in [0.1, 0.15) is 24.5 Å². The number of hydrogen-bond acceptors (Lipinski definition) is 6. The molecule has 8 nitrogen and oxygen atoms in total. The van der Waals surface area contributed by atoms with Crippen LogP contribution in [0.2, 0.25) is 0 Å². The van der Waals surface area contributed by atoms with E-state index >= 15 is 0 Å². The lowest BCUT2D eigenvalue weighted by Gasteiger charge is -2.26. The fraction of sp³-hybridized carbons (Fsp3) is 0.258. The maximum atomic E-state index is 13.2. The Bertz CT molecular complexity index is 1430. The van der Waals surface area contributed by atoms with Gasteiger partial charge in [0.15, 0.2) is 11.5 Å². The van der Waals surface area contributed by atoms with Gasteiger partial charge in [-0.2, -0.15) is 0 Å². The Kier molecular flexibility index (Phi) is 9.26. The highest BCUT2D eigenvalue weighted by molar-refractivity contribution is 9.10. The third kappa shape index (κ3) is 6.54. The van der Waals surface area contributed by atoms with Crippen molar-refractivity contribution in [2.75, 3.05) is 25.2 Å². The van der Waals surface area contributed by atoms with E-state index in [0.29, 0.717) is 39.7 Å². The van der Waals surface area contributed by atoms with Crippen LogP contribution >= 0.6 is 15.9 Å². The van der Waals surface area contributed by atoms with E-state index in [1.54, 1.807) is 36.4 Å². The Balaban J connectivity index is 1.47.